The predicted octanol–water partition coefficient (Wildman–Crippen LogP) is 0.595. The van der Waals surface area contributed by atoms with Crippen molar-refractivity contribution >= 4 is 0 Å². The van der Waals surface area contributed by atoms with Crippen molar-refractivity contribution in [2.24, 2.45) is 5.92 Å². The molecule has 5 nitrogen and oxygen atoms in total. The van der Waals surface area contributed by atoms with Crippen molar-refractivity contribution < 1.29 is 4.74 Å². The van der Waals surface area contributed by atoms with Crippen LogP contribution in [0, 0.1) is 5.92 Å². The normalized spacial score (nSPS) is 22.2. The van der Waals surface area contributed by atoms with Crippen LogP contribution in [-0.2, 0) is 11.3 Å². The molecule has 0 radical (unpaired) electrons. The summed E-state index contributed by atoms with van der Waals surface area (Å²) in [6.45, 7) is 7.70. The summed E-state index contributed by atoms with van der Waals surface area (Å²) in [7, 11) is 0. The molecule has 2 heterocycles. The van der Waals surface area contributed by atoms with Crippen LogP contribution in [0.15, 0.2) is 6.33 Å². The fourth-order valence-corrected chi connectivity index (χ4v) is 1.80. The third-order valence-electron chi connectivity index (χ3n) is 2.44. The molecule has 1 aromatic heterocycles. The Morgan fingerprint density at radius 2 is 2.53 bits per heavy atom. The molecule has 0 saturated carbocycles. The van der Waals surface area contributed by atoms with Crippen molar-refractivity contribution in [1.29, 1.82) is 0 Å². The van der Waals surface area contributed by atoms with Crippen LogP contribution in [0.25, 0.3) is 0 Å². The minimum atomic E-state index is 0.194. The van der Waals surface area contributed by atoms with Gasteiger partial charge in [0.25, 0.3) is 0 Å². The van der Waals surface area contributed by atoms with Gasteiger partial charge in [-0.25, -0.2) is 0 Å². The molecule has 0 aliphatic carbocycles. The zero-order valence-corrected chi connectivity index (χ0v) is 9.31. The average molecular weight is 210 g/mol. The third kappa shape index (κ3) is 2.54. The fraction of sp³-hybridized carbons (Fsp3) is 0.800. The van der Waals surface area contributed by atoms with Gasteiger partial charge in [0.15, 0.2) is 5.82 Å². The van der Waals surface area contributed by atoms with Crippen molar-refractivity contribution in [3.63, 3.8) is 0 Å². The lowest BCUT2D eigenvalue weighted by Gasteiger charge is -2.23. The van der Waals surface area contributed by atoms with E-state index in [2.05, 4.69) is 33.9 Å². The molecule has 0 bridgehead atoms. The van der Waals surface area contributed by atoms with Crippen LogP contribution in [0.3, 0.4) is 0 Å². The van der Waals surface area contributed by atoms with Gasteiger partial charge in [-0.2, -0.15) is 0 Å². The molecule has 0 amide bonds. The molecule has 1 aromatic rings. The zero-order chi connectivity index (χ0) is 10.7. The Labute approximate surface area is 89.8 Å². The summed E-state index contributed by atoms with van der Waals surface area (Å²) < 4.78 is 7.53. The van der Waals surface area contributed by atoms with Gasteiger partial charge in [-0.05, 0) is 5.92 Å². The standard InChI is InChI=1S/C10H18N4O/c1-8(2)5-14-7-12-13-10(14)9-6-15-4-3-11-9/h7-9,11H,3-6H2,1-2H3. The van der Waals surface area contributed by atoms with E-state index in [-0.39, 0.29) is 6.04 Å². The maximum atomic E-state index is 5.42. The molecule has 1 saturated heterocycles. The van der Waals surface area contributed by atoms with E-state index < -0.39 is 0 Å². The molecule has 84 valence electrons. The van der Waals surface area contributed by atoms with Crippen LogP contribution >= 0.6 is 0 Å². The van der Waals surface area contributed by atoms with Gasteiger partial charge in [0.05, 0.1) is 19.3 Å². The summed E-state index contributed by atoms with van der Waals surface area (Å²) in [5.41, 5.74) is 0. The number of hydrogen-bond acceptors (Lipinski definition) is 4. The molecule has 1 unspecified atom stereocenters. The summed E-state index contributed by atoms with van der Waals surface area (Å²) in [5.74, 6) is 1.59. The van der Waals surface area contributed by atoms with Gasteiger partial charge in [0, 0.05) is 13.1 Å². The van der Waals surface area contributed by atoms with Gasteiger partial charge in [0.2, 0.25) is 0 Å². The molecule has 1 aliphatic heterocycles. The van der Waals surface area contributed by atoms with Gasteiger partial charge in [0.1, 0.15) is 6.33 Å². The second-order valence-electron chi connectivity index (χ2n) is 4.32. The van der Waals surface area contributed by atoms with Gasteiger partial charge >= 0.3 is 0 Å². The number of nitrogens with one attached hydrogen (secondary N) is 1. The van der Waals surface area contributed by atoms with Crippen molar-refractivity contribution in [3.05, 3.63) is 12.2 Å². The summed E-state index contributed by atoms with van der Waals surface area (Å²) in [4.78, 5) is 0. The maximum Gasteiger partial charge on any atom is 0.152 e. The summed E-state index contributed by atoms with van der Waals surface area (Å²) in [6, 6.07) is 0.194. The minimum Gasteiger partial charge on any atom is -0.378 e. The SMILES string of the molecule is CC(C)Cn1cnnc1C1COCCN1. The molecular weight excluding hydrogens is 192 g/mol. The molecule has 5 heteroatoms. The number of nitrogens with zero attached hydrogens (tertiary/aromatic N) is 3. The first-order chi connectivity index (χ1) is 7.27. The van der Waals surface area contributed by atoms with E-state index in [4.69, 9.17) is 4.74 Å². The van der Waals surface area contributed by atoms with Crippen molar-refractivity contribution in [3.8, 4) is 0 Å². The van der Waals surface area contributed by atoms with Gasteiger partial charge in [-0.3, -0.25) is 0 Å². The Hall–Kier alpha value is -0.940. The topological polar surface area (TPSA) is 52.0 Å². The maximum absolute atomic E-state index is 5.42. The number of morpholine rings is 1. The first-order valence-corrected chi connectivity index (χ1v) is 5.46. The first-order valence-electron chi connectivity index (χ1n) is 5.46. The van der Waals surface area contributed by atoms with Gasteiger partial charge in [-0.1, -0.05) is 13.8 Å². The van der Waals surface area contributed by atoms with Crippen LogP contribution in [0.2, 0.25) is 0 Å². The van der Waals surface area contributed by atoms with Crippen molar-refractivity contribution in [2.75, 3.05) is 19.8 Å². The lowest BCUT2D eigenvalue weighted by Crippen LogP contribution is -2.36. The van der Waals surface area contributed by atoms with E-state index in [1.807, 2.05) is 0 Å². The largest absolute Gasteiger partial charge is 0.378 e. The highest BCUT2D eigenvalue weighted by Crippen LogP contribution is 2.14. The number of hydrogen-bond donors (Lipinski definition) is 1. The lowest BCUT2D eigenvalue weighted by molar-refractivity contribution is 0.0727. The van der Waals surface area contributed by atoms with E-state index >= 15 is 0 Å². The average Bonchev–Trinajstić information content (AvgIpc) is 2.66. The van der Waals surface area contributed by atoms with Crippen LogP contribution in [0.5, 0.6) is 0 Å². The Kier molecular flexibility index (Phi) is 3.33. The Morgan fingerprint density at radius 1 is 1.67 bits per heavy atom. The highest BCUT2D eigenvalue weighted by Gasteiger charge is 2.20. The van der Waals surface area contributed by atoms with Crippen LogP contribution in [0.4, 0.5) is 0 Å². The minimum absolute atomic E-state index is 0.194. The van der Waals surface area contributed by atoms with Gasteiger partial charge < -0.3 is 14.6 Å². The molecule has 1 aliphatic rings. The summed E-state index contributed by atoms with van der Waals surface area (Å²) >= 11 is 0. The summed E-state index contributed by atoms with van der Waals surface area (Å²) in [5, 5.41) is 11.5. The van der Waals surface area contributed by atoms with Crippen LogP contribution in [0.1, 0.15) is 25.7 Å². The Bertz CT molecular complexity index is 304. The smallest absolute Gasteiger partial charge is 0.152 e. The van der Waals surface area contributed by atoms with E-state index in [1.54, 1.807) is 6.33 Å². The van der Waals surface area contributed by atoms with Gasteiger partial charge in [-0.15, -0.1) is 10.2 Å². The molecular formula is C10H18N4O. The highest BCUT2D eigenvalue weighted by molar-refractivity contribution is 4.96. The van der Waals surface area contributed by atoms with Crippen LogP contribution in [-0.4, -0.2) is 34.5 Å². The number of ether oxygens (including phenoxy) is 1. The molecule has 1 fully saturated rings. The van der Waals surface area contributed by atoms with Crippen molar-refractivity contribution in [2.45, 2.75) is 26.4 Å². The molecule has 0 spiro atoms. The highest BCUT2D eigenvalue weighted by atomic mass is 16.5. The van der Waals surface area contributed by atoms with Crippen molar-refractivity contribution in [1.82, 2.24) is 20.1 Å². The summed E-state index contributed by atoms with van der Waals surface area (Å²) in [6.07, 6.45) is 1.80. The lowest BCUT2D eigenvalue weighted by atomic mass is 10.2. The first kappa shape index (κ1) is 10.6. The molecule has 1 N–H and O–H groups in total. The van der Waals surface area contributed by atoms with E-state index in [9.17, 15) is 0 Å². The number of rotatable bonds is 3. The Balaban J connectivity index is 2.09. The van der Waals surface area contributed by atoms with E-state index in [0.717, 1.165) is 25.5 Å². The van der Waals surface area contributed by atoms with E-state index in [0.29, 0.717) is 12.5 Å². The Morgan fingerprint density at radius 3 is 3.20 bits per heavy atom. The molecule has 2 rings (SSSR count). The fourth-order valence-electron chi connectivity index (χ4n) is 1.80. The second-order valence-corrected chi connectivity index (χ2v) is 4.32. The zero-order valence-electron chi connectivity index (χ0n) is 9.31. The second kappa shape index (κ2) is 4.72. The molecule has 1 atom stereocenters. The quantitative estimate of drug-likeness (QED) is 0.793. The predicted molar refractivity (Wildman–Crippen MR) is 56.4 cm³/mol. The van der Waals surface area contributed by atoms with E-state index in [1.165, 1.54) is 0 Å². The molecule has 0 aromatic carbocycles. The number of aromatic nitrogens is 3. The molecule has 15 heavy (non-hydrogen) atoms. The third-order valence-corrected chi connectivity index (χ3v) is 2.44. The monoisotopic (exact) mass is 210 g/mol. The van der Waals surface area contributed by atoms with Crippen LogP contribution < -0.4 is 5.32 Å².